The first kappa shape index (κ1) is 24.6. The number of rotatable bonds is 6. The smallest absolute Gasteiger partial charge is 0.308 e. The highest BCUT2D eigenvalue weighted by Crippen LogP contribution is 2.34. The first-order valence-electron chi connectivity index (χ1n) is 10.8. The molecule has 2 aromatic rings. The van der Waals surface area contributed by atoms with Crippen molar-refractivity contribution >= 4 is 63.6 Å². The summed E-state index contributed by atoms with van der Waals surface area (Å²) in [5.41, 5.74) is 0.926. The van der Waals surface area contributed by atoms with E-state index < -0.39 is 17.6 Å². The number of carbonyl (C=O) groups is 3. The number of nitrogens with zero attached hydrogens (tertiary/aromatic N) is 4. The minimum absolute atomic E-state index is 0.122. The maximum Gasteiger partial charge on any atom is 0.308 e. The molecule has 4 heterocycles. The van der Waals surface area contributed by atoms with Crippen molar-refractivity contribution in [3.05, 3.63) is 57.4 Å². The number of nitrogens with one attached hydrogen (secondary N) is 1. The molecule has 0 unspecified atom stereocenters. The highest BCUT2D eigenvalue weighted by atomic mass is 32.2. The molecule has 0 aromatic carbocycles. The van der Waals surface area contributed by atoms with Crippen LogP contribution in [0.2, 0.25) is 0 Å². The van der Waals surface area contributed by atoms with E-state index in [1.807, 2.05) is 13.0 Å². The van der Waals surface area contributed by atoms with Crippen LogP contribution in [0.25, 0.3) is 11.7 Å². The molecule has 2 aliphatic rings. The molecule has 1 atom stereocenters. The zero-order chi connectivity index (χ0) is 25.3. The maximum absolute atomic E-state index is 13.7. The second-order valence-corrected chi connectivity index (χ2v) is 9.63. The van der Waals surface area contributed by atoms with E-state index in [1.165, 1.54) is 22.5 Å². The van der Waals surface area contributed by atoms with Crippen molar-refractivity contribution in [1.82, 2.24) is 19.6 Å². The number of aromatic nitrogens is 2. The summed E-state index contributed by atoms with van der Waals surface area (Å²) in [6.07, 6.45) is 4.46. The molecule has 0 aliphatic carbocycles. The third-order valence-corrected chi connectivity index (χ3v) is 7.01. The summed E-state index contributed by atoms with van der Waals surface area (Å²) >= 11 is 6.40. The molecule has 12 heteroatoms. The SMILES string of the molecule is C=CCN1C(=O)/C(=C/c2c(N3CCNC(=O)[C@@H]3CC(=O)OC)nc3ccc(C)cn3c2=O)SC1=S. The first-order chi connectivity index (χ1) is 16.7. The highest BCUT2D eigenvalue weighted by Gasteiger charge is 2.36. The minimum atomic E-state index is -0.932. The summed E-state index contributed by atoms with van der Waals surface area (Å²) in [5, 5.41) is 2.74. The largest absolute Gasteiger partial charge is 0.469 e. The van der Waals surface area contributed by atoms with Gasteiger partial charge < -0.3 is 15.0 Å². The van der Waals surface area contributed by atoms with Crippen LogP contribution in [0.4, 0.5) is 5.82 Å². The van der Waals surface area contributed by atoms with Gasteiger partial charge in [-0.25, -0.2) is 4.98 Å². The van der Waals surface area contributed by atoms with Gasteiger partial charge in [-0.3, -0.25) is 28.5 Å². The predicted octanol–water partition coefficient (Wildman–Crippen LogP) is 1.26. The van der Waals surface area contributed by atoms with Crippen LogP contribution in [0.3, 0.4) is 0 Å². The van der Waals surface area contributed by atoms with Gasteiger partial charge in [0.25, 0.3) is 11.5 Å². The molecule has 2 fully saturated rings. The summed E-state index contributed by atoms with van der Waals surface area (Å²) in [5.74, 6) is -1.09. The zero-order valence-corrected chi connectivity index (χ0v) is 20.8. The van der Waals surface area contributed by atoms with Crippen LogP contribution in [-0.4, -0.2) is 69.2 Å². The number of anilines is 1. The van der Waals surface area contributed by atoms with Gasteiger partial charge in [-0.05, 0) is 24.6 Å². The van der Waals surface area contributed by atoms with E-state index in [4.69, 9.17) is 17.0 Å². The van der Waals surface area contributed by atoms with Crippen LogP contribution in [0.5, 0.6) is 0 Å². The van der Waals surface area contributed by atoms with Crippen LogP contribution in [0, 0.1) is 6.92 Å². The first-order valence-corrected chi connectivity index (χ1v) is 12.0. The van der Waals surface area contributed by atoms with E-state index >= 15 is 0 Å². The molecule has 0 radical (unpaired) electrons. The molecule has 10 nitrogen and oxygen atoms in total. The van der Waals surface area contributed by atoms with Gasteiger partial charge >= 0.3 is 5.97 Å². The number of pyridine rings is 1. The van der Waals surface area contributed by atoms with Crippen LogP contribution in [0.1, 0.15) is 17.5 Å². The molecular formula is C23H23N5O5S2. The second kappa shape index (κ2) is 10.0. The van der Waals surface area contributed by atoms with Crippen molar-refractivity contribution in [3.63, 3.8) is 0 Å². The number of hydrogen-bond acceptors (Lipinski definition) is 9. The van der Waals surface area contributed by atoms with Crippen LogP contribution in [0.15, 0.2) is 40.7 Å². The zero-order valence-electron chi connectivity index (χ0n) is 19.1. The molecule has 35 heavy (non-hydrogen) atoms. The summed E-state index contributed by atoms with van der Waals surface area (Å²) in [4.78, 5) is 59.4. The van der Waals surface area contributed by atoms with E-state index in [2.05, 4.69) is 16.9 Å². The van der Waals surface area contributed by atoms with E-state index in [0.717, 1.165) is 17.3 Å². The van der Waals surface area contributed by atoms with Gasteiger partial charge in [0, 0.05) is 25.8 Å². The Hall–Kier alpha value is -3.51. The highest BCUT2D eigenvalue weighted by molar-refractivity contribution is 8.26. The molecule has 2 amide bonds. The Bertz CT molecular complexity index is 1350. The van der Waals surface area contributed by atoms with E-state index in [1.54, 1.807) is 23.2 Å². The van der Waals surface area contributed by atoms with Crippen molar-refractivity contribution < 1.29 is 19.1 Å². The van der Waals surface area contributed by atoms with Crippen molar-refractivity contribution in [1.29, 1.82) is 0 Å². The van der Waals surface area contributed by atoms with Crippen molar-refractivity contribution in [2.24, 2.45) is 0 Å². The Kier molecular flexibility index (Phi) is 7.03. The Morgan fingerprint density at radius 3 is 2.86 bits per heavy atom. The lowest BCUT2D eigenvalue weighted by atomic mass is 10.1. The number of esters is 1. The molecule has 4 rings (SSSR count). The number of ether oxygens (including phenoxy) is 1. The van der Waals surface area contributed by atoms with Gasteiger partial charge in [-0.1, -0.05) is 36.1 Å². The molecule has 182 valence electrons. The van der Waals surface area contributed by atoms with Crippen LogP contribution < -0.4 is 15.8 Å². The lowest BCUT2D eigenvalue weighted by molar-refractivity contribution is -0.143. The molecule has 2 aliphatic heterocycles. The number of carbonyl (C=O) groups excluding carboxylic acids is 3. The molecule has 2 saturated heterocycles. The van der Waals surface area contributed by atoms with Gasteiger partial charge in [-0.2, -0.15) is 0 Å². The summed E-state index contributed by atoms with van der Waals surface area (Å²) in [6.45, 7) is 6.35. The fourth-order valence-electron chi connectivity index (χ4n) is 3.92. The van der Waals surface area contributed by atoms with Gasteiger partial charge in [0.05, 0.1) is 24.0 Å². The number of fused-ring (bicyclic) bond motifs is 1. The summed E-state index contributed by atoms with van der Waals surface area (Å²) in [6, 6.07) is 2.59. The van der Waals surface area contributed by atoms with Crippen LogP contribution in [-0.2, 0) is 19.1 Å². The Balaban J connectivity index is 1.91. The molecule has 0 spiro atoms. The van der Waals surface area contributed by atoms with Crippen LogP contribution >= 0.6 is 24.0 Å². The molecule has 0 saturated carbocycles. The maximum atomic E-state index is 13.7. The fraction of sp³-hybridized carbons (Fsp3) is 0.304. The fourth-order valence-corrected chi connectivity index (χ4v) is 5.18. The molecular weight excluding hydrogens is 490 g/mol. The normalized spacial score (nSPS) is 19.4. The quantitative estimate of drug-likeness (QED) is 0.264. The molecule has 1 N–H and O–H groups in total. The molecule has 0 bridgehead atoms. The number of aryl methyl sites for hydroxylation is 1. The van der Waals surface area contributed by atoms with E-state index in [9.17, 15) is 19.2 Å². The topological polar surface area (TPSA) is 113 Å². The lowest BCUT2D eigenvalue weighted by Gasteiger charge is -2.36. The third-order valence-electron chi connectivity index (χ3n) is 5.64. The van der Waals surface area contributed by atoms with Gasteiger partial charge in [-0.15, -0.1) is 6.58 Å². The standard InChI is InChI=1S/C23H23N5O5S2/c1-4-8-27-22(32)16(35-23(27)34)10-14-19(25-17-6-5-13(2)12-28(17)21(14)31)26-9-7-24-20(30)15(26)11-18(29)33-3/h4-6,10,12,15H,1,7-9,11H2,2-3H3,(H,24,30)/b16-10-/t15-/m0/s1. The Labute approximate surface area is 210 Å². The Morgan fingerprint density at radius 1 is 1.37 bits per heavy atom. The number of thioether (sulfide) groups is 1. The van der Waals surface area contributed by atoms with Crippen molar-refractivity contribution in [2.45, 2.75) is 19.4 Å². The van der Waals surface area contributed by atoms with Crippen molar-refractivity contribution in [2.75, 3.05) is 31.6 Å². The third kappa shape index (κ3) is 4.71. The molecule has 2 aromatic heterocycles. The van der Waals surface area contributed by atoms with Gasteiger partial charge in [0.15, 0.2) is 0 Å². The minimum Gasteiger partial charge on any atom is -0.469 e. The van der Waals surface area contributed by atoms with E-state index in [0.29, 0.717) is 23.1 Å². The summed E-state index contributed by atoms with van der Waals surface area (Å²) in [7, 11) is 1.24. The summed E-state index contributed by atoms with van der Waals surface area (Å²) < 4.78 is 6.52. The number of piperazine rings is 1. The monoisotopic (exact) mass is 513 g/mol. The average molecular weight is 514 g/mol. The van der Waals surface area contributed by atoms with E-state index in [-0.39, 0.29) is 41.1 Å². The number of amides is 2. The number of thiocarbonyl (C=S) groups is 1. The second-order valence-electron chi connectivity index (χ2n) is 7.95. The van der Waals surface area contributed by atoms with Crippen molar-refractivity contribution in [3.8, 4) is 0 Å². The Morgan fingerprint density at radius 2 is 2.14 bits per heavy atom. The number of methoxy groups -OCH3 is 1. The number of hydrogen-bond donors (Lipinski definition) is 1. The lowest BCUT2D eigenvalue weighted by Crippen LogP contribution is -2.57. The van der Waals surface area contributed by atoms with Gasteiger partial charge in [0.2, 0.25) is 5.91 Å². The average Bonchev–Trinajstić information content (AvgIpc) is 3.10. The predicted molar refractivity (Wildman–Crippen MR) is 137 cm³/mol. The van der Waals surface area contributed by atoms with Gasteiger partial charge in [0.1, 0.15) is 21.8 Å².